The fraction of sp³-hybridized carbons (Fsp3) is 0.286. The summed E-state index contributed by atoms with van der Waals surface area (Å²) in [5.74, 6) is -1.19. The summed E-state index contributed by atoms with van der Waals surface area (Å²) in [6.45, 7) is 8.26. The Morgan fingerprint density at radius 3 is 2.17 bits per heavy atom. The Bertz CT molecular complexity index is 2550. The van der Waals surface area contributed by atoms with Gasteiger partial charge in [-0.05, 0) is 98.4 Å². The molecule has 0 radical (unpaired) electrons. The van der Waals surface area contributed by atoms with Gasteiger partial charge >= 0.3 is 51.4 Å². The zero-order chi connectivity index (χ0) is 37.2. The molecule has 2 aliphatic carbocycles. The number of hydrogen-bond donors (Lipinski definition) is 1. The maximum absolute atomic E-state index is 12.3. The van der Waals surface area contributed by atoms with Crippen molar-refractivity contribution in [2.75, 3.05) is 16.5 Å². The number of benzene rings is 4. The van der Waals surface area contributed by atoms with Crippen molar-refractivity contribution in [1.82, 2.24) is 0 Å². The van der Waals surface area contributed by atoms with Crippen LogP contribution in [-0.2, 0) is 32.1 Å². The summed E-state index contributed by atoms with van der Waals surface area (Å²) in [7, 11) is -8.96. The van der Waals surface area contributed by atoms with Crippen LogP contribution in [0.15, 0.2) is 125 Å². The fourth-order valence-electron chi connectivity index (χ4n) is 8.48. The molecule has 0 saturated heterocycles. The minimum absolute atomic E-state index is 0. The number of rotatable bonds is 7. The fourth-order valence-corrected chi connectivity index (χ4v) is 10.1. The van der Waals surface area contributed by atoms with Crippen LogP contribution < -0.4 is 56.3 Å². The first-order valence-electron chi connectivity index (χ1n) is 17.4. The van der Waals surface area contributed by atoms with E-state index >= 15 is 0 Å². The molecule has 0 amide bonds. The molecule has 270 valence electrons. The van der Waals surface area contributed by atoms with Gasteiger partial charge in [-0.25, -0.2) is 8.42 Å². The predicted molar refractivity (Wildman–Crippen MR) is 211 cm³/mol. The first-order valence-corrected chi connectivity index (χ1v) is 20.9. The average molecular weight is 794 g/mol. The van der Waals surface area contributed by atoms with E-state index in [1.807, 2.05) is 97.1 Å². The molecule has 4 aromatic carbocycles. The van der Waals surface area contributed by atoms with Gasteiger partial charge in [-0.1, -0.05) is 124 Å². The second-order valence-electron chi connectivity index (χ2n) is 15.2. The van der Waals surface area contributed by atoms with Gasteiger partial charge in [-0.3, -0.25) is 4.55 Å². The molecule has 0 saturated carbocycles. The summed E-state index contributed by atoms with van der Waals surface area (Å²) in [6, 6.07) is 23.8. The number of hydrogen-bond acceptors (Lipinski definition) is 6. The van der Waals surface area contributed by atoms with Gasteiger partial charge in [-0.2, -0.15) is 8.42 Å². The van der Waals surface area contributed by atoms with Crippen molar-refractivity contribution < 1.29 is 77.3 Å². The van der Waals surface area contributed by atoms with Crippen LogP contribution in [0, 0.1) is 5.41 Å². The molecule has 0 unspecified atom stereocenters. The molecule has 1 N–H and O–H groups in total. The third-order valence-corrected chi connectivity index (χ3v) is 12.5. The van der Waals surface area contributed by atoms with E-state index in [1.54, 1.807) is 4.90 Å². The molecule has 0 bridgehead atoms. The number of anilines is 1. The second kappa shape index (κ2) is 15.0. The van der Waals surface area contributed by atoms with Crippen LogP contribution >= 0.6 is 11.6 Å². The molecule has 0 fully saturated rings. The zero-order valence-electron chi connectivity index (χ0n) is 30.6. The van der Waals surface area contributed by atoms with E-state index in [1.165, 1.54) is 0 Å². The van der Waals surface area contributed by atoms with Gasteiger partial charge in [0.25, 0.3) is 10.1 Å². The molecule has 53 heavy (non-hydrogen) atoms. The van der Waals surface area contributed by atoms with Crippen molar-refractivity contribution in [3.8, 4) is 0 Å². The van der Waals surface area contributed by atoms with Gasteiger partial charge in [0.2, 0.25) is 0 Å². The van der Waals surface area contributed by atoms with Crippen molar-refractivity contribution in [1.29, 1.82) is 0 Å². The van der Waals surface area contributed by atoms with Crippen LogP contribution in [0.5, 0.6) is 0 Å². The van der Waals surface area contributed by atoms with Gasteiger partial charge in [0, 0.05) is 27.2 Å². The van der Waals surface area contributed by atoms with Crippen LogP contribution in [0.4, 0.5) is 5.69 Å². The van der Waals surface area contributed by atoms with Gasteiger partial charge in [0.1, 0.15) is 21.7 Å². The Morgan fingerprint density at radius 1 is 0.849 bits per heavy atom. The first-order chi connectivity index (χ1) is 24.4. The van der Waals surface area contributed by atoms with E-state index in [0.29, 0.717) is 41.3 Å². The summed E-state index contributed by atoms with van der Waals surface area (Å²) in [4.78, 5) is 1.64. The average Bonchev–Trinajstić information content (AvgIpc) is 3.27. The van der Waals surface area contributed by atoms with Crippen LogP contribution in [0.2, 0.25) is 0 Å². The molecule has 1 heterocycles. The summed E-state index contributed by atoms with van der Waals surface area (Å²) in [5.41, 5.74) is 6.35. The zero-order valence-corrected chi connectivity index (χ0v) is 36.1. The normalized spacial score (nSPS) is 20.1. The quantitative estimate of drug-likeness (QED) is 0.167. The topological polar surface area (TPSA) is 115 Å². The Labute approximate surface area is 360 Å². The predicted octanol–water partition coefficient (Wildman–Crippen LogP) is 6.56. The van der Waals surface area contributed by atoms with Crippen molar-refractivity contribution in [3.63, 3.8) is 0 Å². The SMILES string of the molecule is CC1(C)Cc2c(ccc3ccccc23)N(CS(=O)(=O)[O-])/C1=C/C=C1\CCCC(/C=C/C2=C(CS(=O)(=O)O)c3ccc4ccccc4c3C2(C)C)=C1Cl.[K+]. The molecule has 0 aromatic heterocycles. The largest absolute Gasteiger partial charge is 1.00 e. The number of allylic oxidation sites excluding steroid dienone is 9. The van der Waals surface area contributed by atoms with Crippen molar-refractivity contribution in [2.24, 2.45) is 5.41 Å². The Balaban J connectivity index is 0.00000481. The molecule has 11 heteroatoms. The molecular formula is C42H41ClKNO6S2. The van der Waals surface area contributed by atoms with Crippen molar-refractivity contribution in [2.45, 2.75) is 58.8 Å². The van der Waals surface area contributed by atoms with E-state index in [2.05, 4.69) is 27.7 Å². The number of nitrogens with zero attached hydrogens (tertiary/aromatic N) is 1. The summed E-state index contributed by atoms with van der Waals surface area (Å²) in [5, 5.41) is 4.75. The van der Waals surface area contributed by atoms with Crippen LogP contribution in [0.25, 0.3) is 27.1 Å². The third kappa shape index (κ3) is 8.01. The Hall–Kier alpha value is -2.35. The Morgan fingerprint density at radius 2 is 1.49 bits per heavy atom. The second-order valence-corrected chi connectivity index (χ2v) is 18.4. The molecule has 7 nitrogen and oxygen atoms in total. The van der Waals surface area contributed by atoms with Gasteiger partial charge in [0.15, 0.2) is 0 Å². The van der Waals surface area contributed by atoms with E-state index in [9.17, 15) is 25.9 Å². The maximum atomic E-state index is 12.3. The van der Waals surface area contributed by atoms with E-state index in [4.69, 9.17) is 11.6 Å². The third-order valence-electron chi connectivity index (χ3n) is 10.8. The first kappa shape index (κ1) is 40.3. The van der Waals surface area contributed by atoms with Gasteiger partial charge < -0.3 is 9.45 Å². The van der Waals surface area contributed by atoms with E-state index in [0.717, 1.165) is 61.4 Å². The molecule has 1 aliphatic heterocycles. The molecule has 0 atom stereocenters. The van der Waals surface area contributed by atoms with E-state index < -0.39 is 42.7 Å². The van der Waals surface area contributed by atoms with Crippen LogP contribution in [0.3, 0.4) is 0 Å². The number of fused-ring (bicyclic) bond motifs is 6. The summed E-state index contributed by atoms with van der Waals surface area (Å²) < 4.78 is 71.4. The summed E-state index contributed by atoms with van der Waals surface area (Å²) in [6.07, 6.45) is 10.7. The molecule has 4 aromatic rings. The summed E-state index contributed by atoms with van der Waals surface area (Å²) >= 11 is 7.11. The van der Waals surface area contributed by atoms with E-state index in [-0.39, 0.29) is 51.4 Å². The standard InChI is InChI=1S/C42H42ClNO6S2.K/c1-41(2)24-34-31-14-7-5-10-27(31)18-22-37(34)44(26-52(48,49)50)38(41)23-19-30-13-9-12-29(40(30)43)17-21-36-35(25-51(45,46)47)33-20-16-28-11-6-8-15-32(28)39(33)42(36,3)4;/h5-8,10-11,14-23H,9,12-13,24-26H2,1-4H3,(H,45,46,47)(H,48,49,50);/q;+1/p-1/b21-17+,30-19+,38-23+;. The molecule has 3 aliphatic rings. The van der Waals surface area contributed by atoms with Crippen LogP contribution in [-0.4, -0.2) is 37.6 Å². The monoisotopic (exact) mass is 793 g/mol. The van der Waals surface area contributed by atoms with Crippen molar-refractivity contribution >= 4 is 64.6 Å². The van der Waals surface area contributed by atoms with Gasteiger partial charge in [-0.15, -0.1) is 0 Å². The minimum atomic E-state index is -4.63. The van der Waals surface area contributed by atoms with Crippen molar-refractivity contribution in [3.05, 3.63) is 141 Å². The molecule has 7 rings (SSSR count). The van der Waals surface area contributed by atoms with Gasteiger partial charge in [0.05, 0.1) is 0 Å². The minimum Gasteiger partial charge on any atom is -0.747 e. The smallest absolute Gasteiger partial charge is 0.747 e. The number of halogens is 1. The molecular weight excluding hydrogens is 753 g/mol. The maximum Gasteiger partial charge on any atom is 1.00 e. The van der Waals surface area contributed by atoms with Crippen LogP contribution in [0.1, 0.15) is 63.6 Å². The molecule has 0 spiro atoms. The Kier molecular flexibility index (Phi) is 11.4.